The molecule has 0 fully saturated rings. The van der Waals surface area contributed by atoms with E-state index in [0.29, 0.717) is 63.3 Å². The fourth-order valence-corrected chi connectivity index (χ4v) is 8.92. The number of pyridine rings is 2. The first-order chi connectivity index (χ1) is 27.3. The molecule has 0 spiro atoms. The second kappa shape index (κ2) is 18.3. The van der Waals surface area contributed by atoms with Crippen LogP contribution in [0.3, 0.4) is 0 Å². The van der Waals surface area contributed by atoms with Crippen LogP contribution >= 0.6 is 0 Å². The normalized spacial score (nSPS) is 13.4. The van der Waals surface area contributed by atoms with E-state index in [0.717, 1.165) is 10.8 Å². The van der Waals surface area contributed by atoms with Crippen LogP contribution < -0.4 is 15.0 Å². The minimum absolute atomic E-state index is 0.184. The van der Waals surface area contributed by atoms with E-state index in [1.165, 1.54) is 10.6 Å². The third kappa shape index (κ3) is 10.1. The third-order valence-corrected chi connectivity index (χ3v) is 11.2. The summed E-state index contributed by atoms with van der Waals surface area (Å²) in [5.41, 5.74) is 2.33. The number of nitrogens with zero attached hydrogens (tertiary/aromatic N) is 3. The lowest BCUT2D eigenvalue weighted by Gasteiger charge is -2.43. The van der Waals surface area contributed by atoms with Crippen molar-refractivity contribution in [1.82, 2.24) is 14.5 Å². The van der Waals surface area contributed by atoms with Crippen molar-refractivity contribution >= 4 is 45.7 Å². The molecule has 0 aliphatic carbocycles. The van der Waals surface area contributed by atoms with Crippen molar-refractivity contribution in [3.8, 4) is 28.4 Å². The molecule has 11 nitrogen and oxygen atoms in total. The highest BCUT2D eigenvalue weighted by Gasteiger charge is 2.39. The van der Waals surface area contributed by atoms with Gasteiger partial charge in [-0.3, -0.25) is 19.1 Å². The van der Waals surface area contributed by atoms with Gasteiger partial charge in [-0.15, -0.1) is 0 Å². The standard InChI is InChI=1S/C45H59N3O8Si2/c1-44(2,3)24-40(55-57(9)10)48(41(56-58(11)12)25-45(4,5)6)43(52)33-23-39(51)47(35-16-14-13-15-31(33)35)38-21-28(17-18-46-38)42-32-22-37(54-8)36(53-7)20-29(32)19-30(26-49)34(42)27-50/h13-23,40-41,49-50H,24-27H2,1-12H3. The van der Waals surface area contributed by atoms with Crippen molar-refractivity contribution in [1.29, 1.82) is 0 Å². The van der Waals surface area contributed by atoms with Crippen LogP contribution in [0.5, 0.6) is 11.5 Å². The summed E-state index contributed by atoms with van der Waals surface area (Å²) in [6.07, 6.45) is 1.57. The van der Waals surface area contributed by atoms with Crippen LogP contribution in [0.25, 0.3) is 38.6 Å². The molecule has 2 radical (unpaired) electrons. The van der Waals surface area contributed by atoms with E-state index in [4.69, 9.17) is 18.3 Å². The largest absolute Gasteiger partial charge is 0.493 e. The molecule has 2 aromatic heterocycles. The number of rotatable bonds is 15. The first-order valence-electron chi connectivity index (χ1n) is 19.6. The van der Waals surface area contributed by atoms with E-state index >= 15 is 4.79 Å². The van der Waals surface area contributed by atoms with Crippen LogP contribution in [0.4, 0.5) is 0 Å². The minimum atomic E-state index is -1.28. The molecule has 310 valence electrons. The van der Waals surface area contributed by atoms with Gasteiger partial charge in [0.05, 0.1) is 38.5 Å². The average Bonchev–Trinajstić information content (AvgIpc) is 3.14. The summed E-state index contributed by atoms with van der Waals surface area (Å²) in [5, 5.41) is 23.2. The van der Waals surface area contributed by atoms with Gasteiger partial charge in [-0.2, -0.15) is 0 Å². The van der Waals surface area contributed by atoms with Gasteiger partial charge in [0.25, 0.3) is 11.5 Å². The summed E-state index contributed by atoms with van der Waals surface area (Å²) in [6, 6.07) is 17.8. The fraction of sp³-hybridized carbons (Fsp3) is 0.444. The molecule has 2 heterocycles. The molecular weight excluding hydrogens is 767 g/mol. The smallest absolute Gasteiger partial charge is 0.258 e. The number of aromatic nitrogens is 2. The Bertz CT molecular complexity index is 2280. The summed E-state index contributed by atoms with van der Waals surface area (Å²) in [6.45, 7) is 20.4. The number of aliphatic hydroxyl groups excluding tert-OH is 2. The van der Waals surface area contributed by atoms with Crippen LogP contribution in [-0.2, 0) is 22.1 Å². The van der Waals surface area contributed by atoms with Gasteiger partial charge in [-0.25, -0.2) is 4.98 Å². The lowest BCUT2D eigenvalue weighted by atomic mass is 9.88. The Morgan fingerprint density at radius 1 is 0.793 bits per heavy atom. The molecule has 0 bridgehead atoms. The third-order valence-electron chi connectivity index (χ3n) is 9.76. The summed E-state index contributed by atoms with van der Waals surface area (Å²) in [4.78, 5) is 36.3. The predicted molar refractivity (Wildman–Crippen MR) is 234 cm³/mol. The molecule has 2 unspecified atom stereocenters. The molecule has 1 amide bonds. The van der Waals surface area contributed by atoms with Gasteiger partial charge in [-0.1, -0.05) is 59.7 Å². The molecule has 2 N–H and O–H groups in total. The second-order valence-corrected chi connectivity index (χ2v) is 21.6. The van der Waals surface area contributed by atoms with Crippen molar-refractivity contribution in [3.63, 3.8) is 0 Å². The fourth-order valence-electron chi connectivity index (χ4n) is 7.44. The molecule has 0 aliphatic heterocycles. The number of amides is 1. The molecular formula is C45H59N3O8Si2. The Morgan fingerprint density at radius 2 is 1.38 bits per heavy atom. The Kier molecular flexibility index (Phi) is 14.1. The molecule has 5 aromatic rings. The highest BCUT2D eigenvalue weighted by atomic mass is 28.3. The Hall–Kier alpha value is -4.38. The molecule has 5 rings (SSSR count). The highest BCUT2D eigenvalue weighted by Crippen LogP contribution is 2.41. The first-order valence-corrected chi connectivity index (χ1v) is 24.4. The van der Waals surface area contributed by atoms with Gasteiger partial charge in [-0.05, 0) is 119 Å². The number of aliphatic hydroxyl groups is 2. The van der Waals surface area contributed by atoms with Gasteiger partial charge < -0.3 is 28.5 Å². The molecule has 13 heteroatoms. The zero-order valence-corrected chi connectivity index (χ0v) is 38.0. The second-order valence-electron chi connectivity index (χ2n) is 17.5. The van der Waals surface area contributed by atoms with Crippen molar-refractivity contribution in [2.45, 2.75) is 106 Å². The Balaban J connectivity index is 1.76. The lowest BCUT2D eigenvalue weighted by molar-refractivity contribution is -0.0816. The van der Waals surface area contributed by atoms with E-state index in [-0.39, 0.29) is 35.5 Å². The highest BCUT2D eigenvalue weighted by molar-refractivity contribution is 6.48. The summed E-state index contributed by atoms with van der Waals surface area (Å²) in [5.74, 6) is 1.00. The number of hydrogen-bond acceptors (Lipinski definition) is 9. The molecule has 0 saturated heterocycles. The summed E-state index contributed by atoms with van der Waals surface area (Å²) < 4.78 is 26.1. The van der Waals surface area contributed by atoms with E-state index in [1.54, 1.807) is 37.4 Å². The Morgan fingerprint density at radius 3 is 1.91 bits per heavy atom. The quantitative estimate of drug-likeness (QED) is 0.0786. The summed E-state index contributed by atoms with van der Waals surface area (Å²) >= 11 is 0. The number of para-hydroxylation sites is 1. The van der Waals surface area contributed by atoms with Gasteiger partial charge in [0.15, 0.2) is 11.5 Å². The molecule has 58 heavy (non-hydrogen) atoms. The van der Waals surface area contributed by atoms with E-state index in [2.05, 4.69) is 72.7 Å². The van der Waals surface area contributed by atoms with Gasteiger partial charge >= 0.3 is 0 Å². The number of fused-ring (bicyclic) bond motifs is 2. The van der Waals surface area contributed by atoms with E-state index < -0.39 is 36.1 Å². The van der Waals surface area contributed by atoms with Gasteiger partial charge in [0, 0.05) is 17.6 Å². The Labute approximate surface area is 346 Å². The van der Waals surface area contributed by atoms with Crippen LogP contribution in [0.15, 0.2) is 71.7 Å². The van der Waals surface area contributed by atoms with Crippen LogP contribution in [0.1, 0.15) is 75.9 Å². The predicted octanol–water partition coefficient (Wildman–Crippen LogP) is 8.71. The SMILES string of the molecule is COc1cc2cc(CO)c(CO)c(-c3ccnc(-n4c(=O)cc(C(=O)N(C(CC(C)(C)C)O[Si](C)C)C(CC(C)(C)C)O[Si](C)C)c5ccccc54)c3)c2cc1OC. The summed E-state index contributed by atoms with van der Waals surface area (Å²) in [7, 11) is 0.563. The maximum atomic E-state index is 15.3. The van der Waals surface area contributed by atoms with Crippen LogP contribution in [-0.4, -0.2) is 75.3 Å². The maximum absolute atomic E-state index is 15.3. The van der Waals surface area contributed by atoms with Crippen molar-refractivity contribution in [3.05, 3.63) is 93.9 Å². The number of methoxy groups -OCH3 is 2. The minimum Gasteiger partial charge on any atom is -0.493 e. The first kappa shape index (κ1) is 44.7. The molecule has 3 aromatic carbocycles. The number of carbonyl (C=O) groups is 1. The molecule has 0 saturated carbocycles. The lowest BCUT2D eigenvalue weighted by Crippen LogP contribution is -2.54. The zero-order chi connectivity index (χ0) is 42.7. The van der Waals surface area contributed by atoms with Crippen molar-refractivity contribution in [2.24, 2.45) is 10.8 Å². The van der Waals surface area contributed by atoms with Crippen LogP contribution in [0, 0.1) is 10.8 Å². The zero-order valence-electron chi connectivity index (χ0n) is 36.0. The number of hydrogen-bond donors (Lipinski definition) is 2. The monoisotopic (exact) mass is 825 g/mol. The van der Waals surface area contributed by atoms with Crippen molar-refractivity contribution < 1.29 is 33.3 Å². The topological polar surface area (TPSA) is 133 Å². The van der Waals surface area contributed by atoms with Crippen LogP contribution in [0.2, 0.25) is 26.2 Å². The maximum Gasteiger partial charge on any atom is 0.258 e. The average molecular weight is 826 g/mol. The van der Waals surface area contributed by atoms with Gasteiger partial charge in [0.1, 0.15) is 18.3 Å². The van der Waals surface area contributed by atoms with Crippen molar-refractivity contribution in [2.75, 3.05) is 14.2 Å². The number of ether oxygens (including phenoxy) is 2. The number of carbonyl (C=O) groups excluding carboxylic acids is 1. The molecule has 0 aliphatic rings. The molecule has 2 atom stereocenters. The van der Waals surface area contributed by atoms with E-state index in [9.17, 15) is 15.0 Å². The van der Waals surface area contributed by atoms with E-state index in [1.807, 2.05) is 42.5 Å². The van der Waals surface area contributed by atoms with Gasteiger partial charge in [0.2, 0.25) is 18.1 Å². The number of benzene rings is 3.